The third-order valence-electron chi connectivity index (χ3n) is 5.75. The first-order chi connectivity index (χ1) is 14.8. The summed E-state index contributed by atoms with van der Waals surface area (Å²) in [5.41, 5.74) is -1.73. The number of aliphatic carboxylic acids is 1. The number of hydrogen-bond acceptors (Lipinski definition) is 5. The molecule has 6 heteroatoms. The summed E-state index contributed by atoms with van der Waals surface area (Å²) in [6.07, 6.45) is 14.7. The Labute approximate surface area is 188 Å². The fraction of sp³-hybridized carbons (Fsp3) is 0.800. The zero-order valence-corrected chi connectivity index (χ0v) is 19.7. The lowest BCUT2D eigenvalue weighted by Crippen LogP contribution is -2.45. The highest BCUT2D eigenvalue weighted by molar-refractivity contribution is 5.86. The van der Waals surface area contributed by atoms with Gasteiger partial charge in [-0.3, -0.25) is 0 Å². The molecular weight excluding hydrogens is 396 g/mol. The number of carbonyl (C=O) groups excluding carboxylic acids is 2. The van der Waals surface area contributed by atoms with Crippen LogP contribution >= 0.6 is 0 Å². The largest absolute Gasteiger partial charge is 0.478 e. The highest BCUT2D eigenvalue weighted by Crippen LogP contribution is 2.27. The summed E-state index contributed by atoms with van der Waals surface area (Å²) in [4.78, 5) is 34.7. The number of aliphatic hydroxyl groups excluding tert-OH is 1. The van der Waals surface area contributed by atoms with E-state index in [2.05, 4.69) is 13.5 Å². The number of aldehydes is 1. The minimum absolute atomic E-state index is 0.109. The molecule has 0 heterocycles. The maximum absolute atomic E-state index is 11.8. The van der Waals surface area contributed by atoms with Gasteiger partial charge in [-0.2, -0.15) is 0 Å². The van der Waals surface area contributed by atoms with Crippen molar-refractivity contribution < 1.29 is 29.3 Å². The van der Waals surface area contributed by atoms with Crippen molar-refractivity contribution in [1.29, 1.82) is 0 Å². The molecule has 0 aromatic rings. The lowest BCUT2D eigenvalue weighted by Gasteiger charge is -2.30. The van der Waals surface area contributed by atoms with E-state index in [0.717, 1.165) is 50.9 Å². The first kappa shape index (κ1) is 29.3. The summed E-state index contributed by atoms with van der Waals surface area (Å²) in [6.45, 7) is 7.00. The van der Waals surface area contributed by atoms with Crippen LogP contribution < -0.4 is 0 Å². The molecule has 0 bridgehead atoms. The van der Waals surface area contributed by atoms with Crippen molar-refractivity contribution in [1.82, 2.24) is 0 Å². The SMILES string of the molecule is C=CC(=O)OC(CCCCCCC(C=O)CCCCCCCCC)(CC(C)O)C(=O)O. The number of aliphatic hydroxyl groups is 1. The van der Waals surface area contributed by atoms with Gasteiger partial charge in [0.15, 0.2) is 0 Å². The van der Waals surface area contributed by atoms with Gasteiger partial charge >= 0.3 is 11.9 Å². The highest BCUT2D eigenvalue weighted by atomic mass is 16.6. The van der Waals surface area contributed by atoms with Crippen LogP contribution in [0.5, 0.6) is 0 Å². The average molecular weight is 441 g/mol. The summed E-state index contributed by atoms with van der Waals surface area (Å²) in [7, 11) is 0. The van der Waals surface area contributed by atoms with Gasteiger partial charge in [0.05, 0.1) is 6.10 Å². The molecule has 31 heavy (non-hydrogen) atoms. The van der Waals surface area contributed by atoms with Crippen LogP contribution in [0.2, 0.25) is 0 Å². The molecule has 0 aromatic heterocycles. The molecule has 6 nitrogen and oxygen atoms in total. The maximum Gasteiger partial charge on any atom is 0.348 e. The summed E-state index contributed by atoms with van der Waals surface area (Å²) in [6, 6.07) is 0. The molecule has 3 atom stereocenters. The van der Waals surface area contributed by atoms with Crippen molar-refractivity contribution in [2.45, 2.75) is 122 Å². The number of rotatable bonds is 21. The van der Waals surface area contributed by atoms with E-state index in [0.29, 0.717) is 6.42 Å². The average Bonchev–Trinajstić information content (AvgIpc) is 2.72. The molecule has 0 aromatic carbocycles. The summed E-state index contributed by atoms with van der Waals surface area (Å²) in [5, 5.41) is 19.3. The van der Waals surface area contributed by atoms with Crippen molar-refractivity contribution in [3.63, 3.8) is 0 Å². The van der Waals surface area contributed by atoms with Gasteiger partial charge in [0.1, 0.15) is 6.29 Å². The number of hydrogen-bond donors (Lipinski definition) is 2. The first-order valence-corrected chi connectivity index (χ1v) is 12.0. The molecule has 0 rings (SSSR count). The summed E-state index contributed by atoms with van der Waals surface area (Å²) < 4.78 is 5.14. The fourth-order valence-electron chi connectivity index (χ4n) is 3.96. The van der Waals surface area contributed by atoms with Crippen molar-refractivity contribution >= 4 is 18.2 Å². The first-order valence-electron chi connectivity index (χ1n) is 12.0. The topological polar surface area (TPSA) is 101 Å². The molecular formula is C25H44O6. The Morgan fingerprint density at radius 2 is 1.48 bits per heavy atom. The van der Waals surface area contributed by atoms with Gasteiger partial charge in [0, 0.05) is 18.4 Å². The Kier molecular flexibility index (Phi) is 17.0. The second kappa shape index (κ2) is 17.9. The van der Waals surface area contributed by atoms with Crippen LogP contribution in [0.3, 0.4) is 0 Å². The molecule has 3 unspecified atom stereocenters. The summed E-state index contributed by atoms with van der Waals surface area (Å²) >= 11 is 0. The lowest BCUT2D eigenvalue weighted by atomic mass is 9.89. The minimum Gasteiger partial charge on any atom is -0.478 e. The van der Waals surface area contributed by atoms with Gasteiger partial charge in [-0.05, 0) is 32.6 Å². The zero-order valence-electron chi connectivity index (χ0n) is 19.7. The van der Waals surface area contributed by atoms with Crippen molar-refractivity contribution in [3.8, 4) is 0 Å². The van der Waals surface area contributed by atoms with Crippen LogP contribution in [0.1, 0.15) is 110 Å². The number of carboxylic acid groups (broad SMARTS) is 1. The van der Waals surface area contributed by atoms with Gasteiger partial charge in [0.2, 0.25) is 5.60 Å². The van der Waals surface area contributed by atoms with E-state index < -0.39 is 23.6 Å². The highest BCUT2D eigenvalue weighted by Gasteiger charge is 2.42. The molecule has 0 amide bonds. The Balaban J connectivity index is 4.22. The van der Waals surface area contributed by atoms with Crippen molar-refractivity contribution in [2.24, 2.45) is 5.92 Å². The smallest absolute Gasteiger partial charge is 0.348 e. The molecule has 2 N–H and O–H groups in total. The minimum atomic E-state index is -1.73. The van der Waals surface area contributed by atoms with Gasteiger partial charge in [-0.25, -0.2) is 9.59 Å². The molecule has 0 saturated carbocycles. The quantitative estimate of drug-likeness (QED) is 0.104. The van der Waals surface area contributed by atoms with E-state index in [1.54, 1.807) is 0 Å². The number of unbranched alkanes of at least 4 members (excludes halogenated alkanes) is 9. The van der Waals surface area contributed by atoms with Crippen molar-refractivity contribution in [2.75, 3.05) is 0 Å². The normalized spacial score (nSPS) is 14.9. The molecule has 0 radical (unpaired) electrons. The number of esters is 1. The number of ether oxygens (including phenoxy) is 1. The lowest BCUT2D eigenvalue weighted by molar-refractivity contribution is -0.180. The number of carbonyl (C=O) groups is 3. The molecule has 0 spiro atoms. The molecule has 0 saturated heterocycles. The van der Waals surface area contributed by atoms with E-state index in [9.17, 15) is 24.6 Å². The van der Waals surface area contributed by atoms with Crippen molar-refractivity contribution in [3.05, 3.63) is 12.7 Å². The van der Waals surface area contributed by atoms with Crippen LogP contribution in [-0.4, -0.2) is 40.1 Å². The molecule has 0 aliphatic heterocycles. The van der Waals surface area contributed by atoms with E-state index in [1.807, 2.05) is 0 Å². The molecule has 180 valence electrons. The predicted octanol–water partition coefficient (Wildman–Crippen LogP) is 5.61. The van der Waals surface area contributed by atoms with E-state index >= 15 is 0 Å². The standard InChI is InChI=1S/C25H44O6/c1-4-6-7-8-9-10-13-16-22(20-26)17-14-11-12-15-18-25(24(29)30,19-21(3)27)31-23(28)5-2/h5,20-22,27H,2,4,6-19H2,1,3H3,(H,29,30). The van der Waals surface area contributed by atoms with Gasteiger partial charge in [0.25, 0.3) is 0 Å². The Bertz CT molecular complexity index is 516. The molecule has 0 aliphatic carbocycles. The number of carboxylic acids is 1. The van der Waals surface area contributed by atoms with E-state index in [-0.39, 0.29) is 18.8 Å². The van der Waals surface area contributed by atoms with E-state index in [1.165, 1.54) is 45.4 Å². The van der Waals surface area contributed by atoms with Gasteiger partial charge in [-0.15, -0.1) is 0 Å². The monoisotopic (exact) mass is 440 g/mol. The van der Waals surface area contributed by atoms with Crippen LogP contribution in [-0.2, 0) is 19.1 Å². The molecule has 0 aliphatic rings. The predicted molar refractivity (Wildman–Crippen MR) is 123 cm³/mol. The third kappa shape index (κ3) is 14.1. The second-order valence-electron chi connectivity index (χ2n) is 8.74. The third-order valence-corrected chi connectivity index (χ3v) is 5.75. The van der Waals surface area contributed by atoms with Gasteiger partial charge < -0.3 is 19.7 Å². The fourth-order valence-corrected chi connectivity index (χ4v) is 3.96. The Morgan fingerprint density at radius 3 is 1.94 bits per heavy atom. The van der Waals surface area contributed by atoms with Crippen LogP contribution in [0.15, 0.2) is 12.7 Å². The Morgan fingerprint density at radius 1 is 0.968 bits per heavy atom. The Hall–Kier alpha value is -1.69. The van der Waals surface area contributed by atoms with Gasteiger partial charge in [-0.1, -0.05) is 77.7 Å². The second-order valence-corrected chi connectivity index (χ2v) is 8.74. The summed E-state index contributed by atoms with van der Waals surface area (Å²) in [5.74, 6) is -1.95. The van der Waals surface area contributed by atoms with Crippen LogP contribution in [0, 0.1) is 5.92 Å². The molecule has 0 fully saturated rings. The van der Waals surface area contributed by atoms with Crippen LogP contribution in [0.4, 0.5) is 0 Å². The van der Waals surface area contributed by atoms with Crippen LogP contribution in [0.25, 0.3) is 0 Å². The van der Waals surface area contributed by atoms with E-state index in [4.69, 9.17) is 4.74 Å². The zero-order chi connectivity index (χ0) is 23.5. The maximum atomic E-state index is 11.8.